The zero-order chi connectivity index (χ0) is 18.9. The molecule has 2 aliphatic rings. The van der Waals surface area contributed by atoms with Crippen LogP contribution in [-0.2, 0) is 17.6 Å². The van der Waals surface area contributed by atoms with Crippen LogP contribution >= 0.6 is 0 Å². The number of anilines is 1. The molecule has 1 radical (unpaired) electrons. The topological polar surface area (TPSA) is 64.4 Å². The van der Waals surface area contributed by atoms with Crippen LogP contribution in [0.15, 0.2) is 42.5 Å². The third-order valence-electron chi connectivity index (χ3n) is 5.71. The van der Waals surface area contributed by atoms with Gasteiger partial charge in [0.15, 0.2) is 0 Å². The number of nitrogens with two attached hydrogens (primary N) is 1. The fraction of sp³-hybridized carbons (Fsp3) is 0.364. The van der Waals surface area contributed by atoms with Crippen molar-refractivity contribution in [2.45, 2.75) is 25.7 Å². The minimum Gasteiger partial charge on any atom is -0.492 e. The normalized spacial score (nSPS) is 23.4. The zero-order valence-electron chi connectivity index (χ0n) is 15.2. The lowest BCUT2D eigenvalue weighted by atomic mass is 9.79. The largest absolute Gasteiger partial charge is 0.492 e. The number of nitrogens with one attached hydrogen (secondary N) is 1. The molecule has 4 nitrogen and oxygen atoms in total. The van der Waals surface area contributed by atoms with E-state index in [-0.39, 0.29) is 11.7 Å². The molecule has 1 saturated carbocycles. The molecule has 2 unspecified atom stereocenters. The van der Waals surface area contributed by atoms with Crippen LogP contribution in [0.5, 0.6) is 5.75 Å². The van der Waals surface area contributed by atoms with Gasteiger partial charge in [-0.15, -0.1) is 0 Å². The van der Waals surface area contributed by atoms with Crippen molar-refractivity contribution in [2.75, 3.05) is 18.5 Å². The van der Waals surface area contributed by atoms with Gasteiger partial charge in [0.25, 0.3) is 0 Å². The Hall–Kier alpha value is -2.56. The van der Waals surface area contributed by atoms with E-state index in [9.17, 15) is 9.18 Å². The Bertz CT molecular complexity index is 837. The smallest absolute Gasteiger partial charge is 0.224 e. The molecule has 4 rings (SSSR count). The number of hydrogen-bond donors (Lipinski definition) is 2. The van der Waals surface area contributed by atoms with E-state index in [1.807, 2.05) is 0 Å². The standard InChI is InChI=1S/C22H24FN2O2/c23-18-2-5-20(6-3-18)27-10-9-25-19-4-1-16-11-15-7-8-22(13-15,21(24)26)14-17(16)12-19/h1-6,12-13,15,25H,7-11,14H2,(H2,24,26). The molecule has 5 heteroatoms. The SMILES string of the molecule is NC(=O)C12[CH]C(CC1)Cc1ccc(NCCOc3ccc(F)cc3)cc1C2. The number of amides is 1. The number of carbonyl (C=O) groups excluding carboxylic acids is 1. The van der Waals surface area contributed by atoms with E-state index < -0.39 is 5.41 Å². The van der Waals surface area contributed by atoms with Crippen molar-refractivity contribution in [3.8, 4) is 5.75 Å². The van der Waals surface area contributed by atoms with Crippen LogP contribution in [0.3, 0.4) is 0 Å². The lowest BCUT2D eigenvalue weighted by Crippen LogP contribution is -2.37. The highest BCUT2D eigenvalue weighted by Gasteiger charge is 2.46. The molecular formula is C22H24FN2O2. The van der Waals surface area contributed by atoms with Crippen LogP contribution in [0.1, 0.15) is 24.0 Å². The first-order valence-electron chi connectivity index (χ1n) is 9.44. The molecule has 141 valence electrons. The van der Waals surface area contributed by atoms with E-state index in [2.05, 4.69) is 29.9 Å². The molecule has 2 bridgehead atoms. The lowest BCUT2D eigenvalue weighted by Gasteiger charge is -2.25. The first-order chi connectivity index (χ1) is 13.0. The van der Waals surface area contributed by atoms with E-state index in [0.29, 0.717) is 31.2 Å². The Morgan fingerprint density at radius 1 is 1.22 bits per heavy atom. The molecule has 0 saturated heterocycles. The highest BCUT2D eigenvalue weighted by atomic mass is 19.1. The van der Waals surface area contributed by atoms with Gasteiger partial charge in [-0.3, -0.25) is 4.79 Å². The van der Waals surface area contributed by atoms with Gasteiger partial charge in [-0.25, -0.2) is 4.39 Å². The highest BCUT2D eigenvalue weighted by molar-refractivity contribution is 5.83. The summed E-state index contributed by atoms with van der Waals surface area (Å²) in [6.45, 7) is 1.11. The maximum absolute atomic E-state index is 12.9. The molecule has 0 aromatic heterocycles. The van der Waals surface area contributed by atoms with E-state index in [1.54, 1.807) is 12.1 Å². The van der Waals surface area contributed by atoms with Gasteiger partial charge in [-0.1, -0.05) is 6.07 Å². The van der Waals surface area contributed by atoms with E-state index in [1.165, 1.54) is 23.3 Å². The molecule has 27 heavy (non-hydrogen) atoms. The van der Waals surface area contributed by atoms with Gasteiger partial charge in [0, 0.05) is 12.2 Å². The van der Waals surface area contributed by atoms with Gasteiger partial charge in [0.1, 0.15) is 18.2 Å². The monoisotopic (exact) mass is 367 g/mol. The fourth-order valence-electron chi connectivity index (χ4n) is 4.28. The molecule has 2 atom stereocenters. The number of rotatable bonds is 6. The van der Waals surface area contributed by atoms with Crippen molar-refractivity contribution in [1.82, 2.24) is 0 Å². The summed E-state index contributed by atoms with van der Waals surface area (Å²) < 4.78 is 18.5. The van der Waals surface area contributed by atoms with E-state index in [0.717, 1.165) is 24.9 Å². The molecule has 3 N–H and O–H groups in total. The minimum atomic E-state index is -0.486. The number of fused-ring (bicyclic) bond motifs is 3. The quantitative estimate of drug-likeness (QED) is 0.768. The first kappa shape index (κ1) is 17.8. The first-order valence-corrected chi connectivity index (χ1v) is 9.44. The fourth-order valence-corrected chi connectivity index (χ4v) is 4.28. The second-order valence-corrected chi connectivity index (χ2v) is 7.58. The van der Waals surface area contributed by atoms with Crippen LogP contribution in [0.25, 0.3) is 0 Å². The number of benzene rings is 2. The Morgan fingerprint density at radius 3 is 2.81 bits per heavy atom. The second kappa shape index (κ2) is 7.22. The average Bonchev–Trinajstić information content (AvgIpc) is 2.97. The summed E-state index contributed by atoms with van der Waals surface area (Å²) in [5.74, 6) is 0.616. The number of primary amides is 1. The molecule has 2 aromatic carbocycles. The van der Waals surface area contributed by atoms with Crippen molar-refractivity contribution >= 4 is 11.6 Å². The molecule has 0 heterocycles. The minimum absolute atomic E-state index is 0.205. The molecule has 0 spiro atoms. The molecule has 1 amide bonds. The Balaban J connectivity index is 1.39. The third kappa shape index (κ3) is 3.77. The summed E-state index contributed by atoms with van der Waals surface area (Å²) in [6, 6.07) is 12.4. The van der Waals surface area contributed by atoms with Gasteiger partial charge in [-0.2, -0.15) is 0 Å². The number of hydrogen-bond acceptors (Lipinski definition) is 3. The maximum Gasteiger partial charge on any atom is 0.224 e. The predicted molar refractivity (Wildman–Crippen MR) is 103 cm³/mol. The van der Waals surface area contributed by atoms with E-state index >= 15 is 0 Å². The molecule has 0 aliphatic heterocycles. The van der Waals surface area contributed by atoms with Crippen LogP contribution < -0.4 is 15.8 Å². The zero-order valence-corrected chi connectivity index (χ0v) is 15.2. The Morgan fingerprint density at radius 2 is 2.04 bits per heavy atom. The second-order valence-electron chi connectivity index (χ2n) is 7.58. The maximum atomic E-state index is 12.9. The summed E-state index contributed by atoms with van der Waals surface area (Å²) in [6.07, 6.45) is 5.77. The average molecular weight is 367 g/mol. The molecule has 2 aromatic rings. The van der Waals surface area contributed by atoms with Crippen LogP contribution in [0, 0.1) is 23.6 Å². The van der Waals surface area contributed by atoms with Crippen molar-refractivity contribution in [1.29, 1.82) is 0 Å². The highest BCUT2D eigenvalue weighted by Crippen LogP contribution is 2.48. The summed E-state index contributed by atoms with van der Waals surface area (Å²) in [5.41, 5.74) is 8.78. The molecular weight excluding hydrogens is 343 g/mol. The third-order valence-corrected chi connectivity index (χ3v) is 5.71. The summed E-state index contributed by atoms with van der Waals surface area (Å²) in [7, 11) is 0. The number of ether oxygens (including phenoxy) is 1. The van der Waals surface area contributed by atoms with Gasteiger partial charge < -0.3 is 15.8 Å². The summed E-state index contributed by atoms with van der Waals surface area (Å²) >= 11 is 0. The van der Waals surface area contributed by atoms with Crippen molar-refractivity contribution < 1.29 is 13.9 Å². The van der Waals surface area contributed by atoms with Crippen LogP contribution in [-0.4, -0.2) is 19.1 Å². The summed E-state index contributed by atoms with van der Waals surface area (Å²) in [4.78, 5) is 12.1. The van der Waals surface area contributed by atoms with Crippen LogP contribution in [0.2, 0.25) is 0 Å². The van der Waals surface area contributed by atoms with Crippen molar-refractivity contribution in [3.05, 3.63) is 65.8 Å². The lowest BCUT2D eigenvalue weighted by molar-refractivity contribution is -0.125. The number of carbonyl (C=O) groups is 1. The van der Waals surface area contributed by atoms with Crippen LogP contribution in [0.4, 0.5) is 10.1 Å². The molecule has 2 aliphatic carbocycles. The predicted octanol–water partition coefficient (Wildman–Crippen LogP) is 3.50. The molecule has 1 fully saturated rings. The van der Waals surface area contributed by atoms with Gasteiger partial charge >= 0.3 is 0 Å². The van der Waals surface area contributed by atoms with E-state index in [4.69, 9.17) is 10.5 Å². The Labute approximate surface area is 158 Å². The Kier molecular flexibility index (Phi) is 4.77. The number of halogens is 1. The van der Waals surface area contributed by atoms with Gasteiger partial charge in [-0.05, 0) is 85.5 Å². The summed E-state index contributed by atoms with van der Waals surface area (Å²) in [5, 5.41) is 3.36. The van der Waals surface area contributed by atoms with Gasteiger partial charge in [0.2, 0.25) is 5.91 Å². The van der Waals surface area contributed by atoms with Crippen molar-refractivity contribution in [2.24, 2.45) is 17.1 Å². The van der Waals surface area contributed by atoms with Crippen molar-refractivity contribution in [3.63, 3.8) is 0 Å². The van der Waals surface area contributed by atoms with Gasteiger partial charge in [0.05, 0.1) is 5.41 Å².